The standard InChI is InChI=1S/C23H28FNO3Si/c1-14(2)29(15(3)4,16(5)6)28-20-13-9-12-19-21(20)22(25-23(26)27-19)17-10-7-8-11-18(17)24/h7-16H,1-6H3. The second-order valence-electron chi connectivity index (χ2n) is 8.36. The van der Waals surface area contributed by atoms with Gasteiger partial charge in [0.1, 0.15) is 17.1 Å². The number of hydrogen-bond donors (Lipinski definition) is 0. The smallest absolute Gasteiger partial charge is 0.439 e. The average molecular weight is 414 g/mol. The summed E-state index contributed by atoms with van der Waals surface area (Å²) in [5.41, 5.74) is 1.94. The van der Waals surface area contributed by atoms with E-state index >= 15 is 0 Å². The Morgan fingerprint density at radius 1 is 0.931 bits per heavy atom. The Balaban J connectivity index is 2.33. The van der Waals surface area contributed by atoms with Crippen molar-refractivity contribution in [2.45, 2.75) is 58.2 Å². The highest BCUT2D eigenvalue weighted by atomic mass is 28.4. The van der Waals surface area contributed by atoms with Crippen molar-refractivity contribution in [2.24, 2.45) is 0 Å². The molecule has 0 aliphatic carbocycles. The zero-order chi connectivity index (χ0) is 21.3. The predicted molar refractivity (Wildman–Crippen MR) is 117 cm³/mol. The topological polar surface area (TPSA) is 52.3 Å². The van der Waals surface area contributed by atoms with Crippen LogP contribution in [0.3, 0.4) is 0 Å². The van der Waals surface area contributed by atoms with Gasteiger partial charge in [-0.3, -0.25) is 0 Å². The molecule has 0 bridgehead atoms. The molecule has 1 aromatic heterocycles. The van der Waals surface area contributed by atoms with E-state index in [1.165, 1.54) is 6.07 Å². The molecule has 0 saturated heterocycles. The van der Waals surface area contributed by atoms with Crippen molar-refractivity contribution in [3.05, 3.63) is 58.8 Å². The number of fused-ring (bicyclic) bond motifs is 1. The lowest BCUT2D eigenvalue weighted by Crippen LogP contribution is -2.50. The average Bonchev–Trinajstić information content (AvgIpc) is 2.64. The third-order valence-corrected chi connectivity index (χ3v) is 11.7. The van der Waals surface area contributed by atoms with Gasteiger partial charge in [0, 0.05) is 5.56 Å². The summed E-state index contributed by atoms with van der Waals surface area (Å²) in [7, 11) is -2.28. The van der Waals surface area contributed by atoms with Crippen LogP contribution in [0.2, 0.25) is 16.6 Å². The molecule has 0 spiro atoms. The number of benzene rings is 2. The van der Waals surface area contributed by atoms with Crippen LogP contribution in [0.1, 0.15) is 41.5 Å². The summed E-state index contributed by atoms with van der Waals surface area (Å²) in [5.74, 6) is -0.602. The molecule has 0 aliphatic heterocycles. The van der Waals surface area contributed by atoms with Gasteiger partial charge >= 0.3 is 5.76 Å². The van der Waals surface area contributed by atoms with Gasteiger partial charge in [0.05, 0.1) is 11.1 Å². The van der Waals surface area contributed by atoms with Crippen molar-refractivity contribution in [2.75, 3.05) is 0 Å². The molecule has 0 aliphatic rings. The minimum absolute atomic E-state index is 0.254. The lowest BCUT2D eigenvalue weighted by atomic mass is 10.1. The zero-order valence-corrected chi connectivity index (χ0v) is 18.8. The third-order valence-electron chi connectivity index (χ3n) is 5.75. The number of rotatable bonds is 6. The Hall–Kier alpha value is -2.47. The quantitative estimate of drug-likeness (QED) is 0.430. The van der Waals surface area contributed by atoms with Gasteiger partial charge in [-0.15, -0.1) is 0 Å². The molecule has 154 valence electrons. The molecule has 0 fully saturated rings. The molecular formula is C23H28FNO3Si. The molecule has 1 heterocycles. The van der Waals surface area contributed by atoms with Crippen LogP contribution in [0.4, 0.5) is 4.39 Å². The van der Waals surface area contributed by atoms with Crippen molar-refractivity contribution >= 4 is 19.3 Å². The highest BCUT2D eigenvalue weighted by molar-refractivity contribution is 6.78. The highest BCUT2D eigenvalue weighted by Crippen LogP contribution is 2.45. The first-order valence-corrected chi connectivity index (χ1v) is 12.2. The Kier molecular flexibility index (Phi) is 5.94. The van der Waals surface area contributed by atoms with E-state index in [0.717, 1.165) is 0 Å². The molecule has 0 N–H and O–H groups in total. The third kappa shape index (κ3) is 3.73. The fourth-order valence-corrected chi connectivity index (χ4v) is 9.83. The molecule has 4 nitrogen and oxygen atoms in total. The molecular weight excluding hydrogens is 385 g/mol. The maximum absolute atomic E-state index is 14.6. The molecule has 29 heavy (non-hydrogen) atoms. The molecule has 0 unspecified atom stereocenters. The van der Waals surface area contributed by atoms with Crippen LogP contribution in [0.15, 0.2) is 51.7 Å². The van der Waals surface area contributed by atoms with Crippen LogP contribution in [0.5, 0.6) is 5.75 Å². The van der Waals surface area contributed by atoms with Crippen LogP contribution < -0.4 is 10.2 Å². The summed E-state index contributed by atoms with van der Waals surface area (Å²) < 4.78 is 26.8. The van der Waals surface area contributed by atoms with Crippen LogP contribution in [-0.2, 0) is 0 Å². The van der Waals surface area contributed by atoms with Crippen molar-refractivity contribution in [3.63, 3.8) is 0 Å². The molecule has 0 amide bonds. The maximum atomic E-state index is 14.6. The van der Waals surface area contributed by atoms with Crippen molar-refractivity contribution < 1.29 is 13.2 Å². The number of halogens is 1. The Labute approximate surface area is 171 Å². The van der Waals surface area contributed by atoms with Gasteiger partial charge in [-0.05, 0) is 40.9 Å². The normalized spacial score (nSPS) is 12.3. The Morgan fingerprint density at radius 2 is 1.55 bits per heavy atom. The van der Waals surface area contributed by atoms with Gasteiger partial charge in [-0.1, -0.05) is 59.7 Å². The van der Waals surface area contributed by atoms with Gasteiger partial charge in [0.15, 0.2) is 0 Å². The van der Waals surface area contributed by atoms with E-state index in [-0.39, 0.29) is 11.3 Å². The molecule has 3 rings (SSSR count). The Morgan fingerprint density at radius 3 is 2.14 bits per heavy atom. The van der Waals surface area contributed by atoms with Crippen molar-refractivity contribution in [3.8, 4) is 17.0 Å². The summed E-state index contributed by atoms with van der Waals surface area (Å²) in [5, 5.41) is 0.538. The molecule has 6 heteroatoms. The van der Waals surface area contributed by atoms with Gasteiger partial charge in [0.2, 0.25) is 0 Å². The molecule has 0 atom stereocenters. The number of nitrogens with zero attached hydrogens (tertiary/aromatic N) is 1. The highest BCUT2D eigenvalue weighted by Gasteiger charge is 2.47. The summed E-state index contributed by atoms with van der Waals surface area (Å²) in [6.45, 7) is 13.2. The molecule has 0 radical (unpaired) electrons. The summed E-state index contributed by atoms with van der Waals surface area (Å²) in [6, 6.07) is 11.7. The van der Waals surface area contributed by atoms with E-state index in [9.17, 15) is 9.18 Å². The van der Waals surface area contributed by atoms with Gasteiger partial charge in [-0.25, -0.2) is 9.18 Å². The van der Waals surface area contributed by atoms with Gasteiger partial charge < -0.3 is 8.84 Å². The fourth-order valence-electron chi connectivity index (χ4n) is 4.57. The van der Waals surface area contributed by atoms with E-state index in [1.54, 1.807) is 30.3 Å². The van der Waals surface area contributed by atoms with E-state index in [2.05, 4.69) is 46.5 Å². The van der Waals surface area contributed by atoms with Crippen molar-refractivity contribution in [1.82, 2.24) is 4.98 Å². The van der Waals surface area contributed by atoms with Crippen molar-refractivity contribution in [1.29, 1.82) is 0 Å². The second kappa shape index (κ2) is 8.11. The maximum Gasteiger partial charge on any atom is 0.439 e. The van der Waals surface area contributed by atoms with Gasteiger partial charge in [-0.2, -0.15) is 4.98 Å². The minimum atomic E-state index is -2.28. The first-order chi connectivity index (χ1) is 13.7. The lowest BCUT2D eigenvalue weighted by Gasteiger charge is -2.42. The number of aromatic nitrogens is 1. The van der Waals surface area contributed by atoms with Crippen LogP contribution in [-0.4, -0.2) is 13.3 Å². The van der Waals surface area contributed by atoms with Crippen LogP contribution >= 0.6 is 0 Å². The fraction of sp³-hybridized carbons (Fsp3) is 0.391. The SMILES string of the molecule is CC(C)[Si](Oc1cccc2oc(=O)nc(-c3ccccc3F)c12)(C(C)C)C(C)C. The first-order valence-electron chi connectivity index (χ1n) is 10.1. The first kappa shape index (κ1) is 21.2. The molecule has 0 saturated carbocycles. The molecule has 3 aromatic rings. The summed E-state index contributed by atoms with van der Waals surface area (Å²) in [6.07, 6.45) is 0. The van der Waals surface area contributed by atoms with Crippen LogP contribution in [0.25, 0.3) is 22.2 Å². The number of hydrogen-bond acceptors (Lipinski definition) is 4. The minimum Gasteiger partial charge on any atom is -0.542 e. The monoisotopic (exact) mass is 413 g/mol. The largest absolute Gasteiger partial charge is 0.542 e. The van der Waals surface area contributed by atoms with Crippen LogP contribution in [0, 0.1) is 5.82 Å². The lowest BCUT2D eigenvalue weighted by molar-refractivity contribution is 0.480. The van der Waals surface area contributed by atoms with Gasteiger partial charge in [0.25, 0.3) is 8.32 Å². The predicted octanol–water partition coefficient (Wildman–Crippen LogP) is 6.55. The Bertz CT molecular complexity index is 1050. The molecule has 2 aromatic carbocycles. The van der Waals surface area contributed by atoms with E-state index in [0.29, 0.717) is 33.3 Å². The van der Waals surface area contributed by atoms with E-state index in [1.807, 2.05) is 6.07 Å². The van der Waals surface area contributed by atoms with E-state index in [4.69, 9.17) is 8.84 Å². The zero-order valence-electron chi connectivity index (χ0n) is 17.8. The van der Waals surface area contributed by atoms with E-state index < -0.39 is 19.9 Å². The summed E-state index contributed by atoms with van der Waals surface area (Å²) >= 11 is 0. The second-order valence-corrected chi connectivity index (χ2v) is 13.7. The summed E-state index contributed by atoms with van der Waals surface area (Å²) in [4.78, 5) is 16.1.